The van der Waals surface area contributed by atoms with Crippen molar-refractivity contribution < 1.29 is 19.4 Å². The molecule has 0 radical (unpaired) electrons. The Morgan fingerprint density at radius 2 is 2.17 bits per heavy atom. The number of carbonyl (C=O) groups is 2. The molecule has 0 fully saturated rings. The molecule has 0 aromatic heterocycles. The minimum atomic E-state index is -1.67. The van der Waals surface area contributed by atoms with Crippen molar-refractivity contribution >= 4 is 28.8 Å². The van der Waals surface area contributed by atoms with Crippen molar-refractivity contribution in [3.63, 3.8) is 0 Å². The predicted molar refractivity (Wildman–Crippen MR) is 45.8 cm³/mol. The molecule has 1 unspecified atom stereocenters. The fourth-order valence-electron chi connectivity index (χ4n) is 0.454. The van der Waals surface area contributed by atoms with Crippen LogP contribution in [-0.2, 0) is 14.3 Å². The largest absolute Gasteiger partial charge is 0.467 e. The van der Waals surface area contributed by atoms with Crippen molar-refractivity contribution in [3.8, 4) is 0 Å². The second-order valence-corrected chi connectivity index (χ2v) is 2.30. The number of methoxy groups -OCH3 is 1. The summed E-state index contributed by atoms with van der Waals surface area (Å²) in [4.78, 5) is 21.0. The summed E-state index contributed by atoms with van der Waals surface area (Å²) in [6, 6.07) is 0. The first-order chi connectivity index (χ1) is 5.54. The van der Waals surface area contributed by atoms with Gasteiger partial charge in [-0.3, -0.25) is 4.79 Å². The third-order valence-corrected chi connectivity index (χ3v) is 1.53. The molecule has 0 rings (SSSR count). The van der Waals surface area contributed by atoms with E-state index in [-0.39, 0.29) is 0 Å². The zero-order valence-electron chi connectivity index (χ0n) is 6.44. The molecule has 5 heteroatoms. The Morgan fingerprint density at radius 1 is 1.67 bits per heavy atom. The first-order valence-electron chi connectivity index (χ1n) is 3.01. The summed E-state index contributed by atoms with van der Waals surface area (Å²) in [6.07, 6.45) is -0.746. The lowest BCUT2D eigenvalue weighted by atomic mass is 10.2. The predicted octanol–water partition coefficient (Wildman–Crippen LogP) is -0.355. The van der Waals surface area contributed by atoms with E-state index < -0.39 is 22.7 Å². The van der Waals surface area contributed by atoms with Crippen LogP contribution < -0.4 is 0 Å². The maximum absolute atomic E-state index is 10.7. The molecule has 0 aliphatic rings. The van der Waals surface area contributed by atoms with Gasteiger partial charge in [0.15, 0.2) is 11.9 Å². The van der Waals surface area contributed by atoms with Crippen molar-refractivity contribution in [2.24, 2.45) is 0 Å². The third-order valence-electron chi connectivity index (χ3n) is 1.10. The Kier molecular flexibility index (Phi) is 4.31. The molecule has 66 valence electrons. The lowest BCUT2D eigenvalue weighted by Gasteiger charge is -2.06. The molecule has 0 saturated carbocycles. The second-order valence-electron chi connectivity index (χ2n) is 1.86. The van der Waals surface area contributed by atoms with Crippen molar-refractivity contribution in [1.29, 1.82) is 0 Å². The Hall–Kier alpha value is -1.07. The van der Waals surface area contributed by atoms with E-state index in [0.29, 0.717) is 0 Å². The number of ketones is 1. The van der Waals surface area contributed by atoms with Gasteiger partial charge in [0.25, 0.3) is 0 Å². The van der Waals surface area contributed by atoms with E-state index in [9.17, 15) is 9.59 Å². The molecule has 0 aliphatic carbocycles. The topological polar surface area (TPSA) is 63.6 Å². The summed E-state index contributed by atoms with van der Waals surface area (Å²) >= 11 is 4.47. The summed E-state index contributed by atoms with van der Waals surface area (Å²) in [5.74, 6) is -1.60. The van der Waals surface area contributed by atoms with Gasteiger partial charge < -0.3 is 9.84 Å². The van der Waals surface area contributed by atoms with E-state index in [2.05, 4.69) is 23.5 Å². The van der Waals surface area contributed by atoms with Crippen LogP contribution in [0.4, 0.5) is 0 Å². The van der Waals surface area contributed by atoms with Crippen molar-refractivity contribution in [3.05, 3.63) is 12.7 Å². The van der Waals surface area contributed by atoms with Gasteiger partial charge in [0.2, 0.25) is 0 Å². The van der Waals surface area contributed by atoms with E-state index in [1.54, 1.807) is 0 Å². The summed E-state index contributed by atoms with van der Waals surface area (Å²) in [5.41, 5.74) is 0. The highest BCUT2D eigenvalue weighted by Crippen LogP contribution is 1.94. The van der Waals surface area contributed by atoms with Crippen LogP contribution in [0.15, 0.2) is 12.7 Å². The third kappa shape index (κ3) is 2.52. The van der Waals surface area contributed by atoms with E-state index >= 15 is 0 Å². The van der Waals surface area contributed by atoms with Crippen LogP contribution in [0.5, 0.6) is 0 Å². The molecule has 12 heavy (non-hydrogen) atoms. The minimum Gasteiger partial charge on any atom is -0.467 e. The smallest absolute Gasteiger partial charge is 0.340 e. The van der Waals surface area contributed by atoms with Crippen LogP contribution in [0.3, 0.4) is 0 Å². The van der Waals surface area contributed by atoms with Crippen molar-refractivity contribution in [2.75, 3.05) is 7.11 Å². The van der Waals surface area contributed by atoms with Gasteiger partial charge in [-0.15, -0.1) is 0 Å². The van der Waals surface area contributed by atoms with Gasteiger partial charge in [-0.05, 0) is 6.08 Å². The van der Waals surface area contributed by atoms with Crippen LogP contribution in [-0.4, -0.2) is 34.9 Å². The molecule has 0 aliphatic heterocycles. The van der Waals surface area contributed by atoms with Gasteiger partial charge in [0.1, 0.15) is 4.86 Å². The van der Waals surface area contributed by atoms with Gasteiger partial charge >= 0.3 is 5.97 Å². The molecule has 0 bridgehead atoms. The Balaban J connectivity index is 4.39. The van der Waals surface area contributed by atoms with Gasteiger partial charge in [-0.25, -0.2) is 4.79 Å². The molecular weight excluding hydrogens is 180 g/mol. The number of rotatable bonds is 4. The summed E-state index contributed by atoms with van der Waals surface area (Å²) in [6.45, 7) is 3.15. The Bertz CT molecular complexity index is 234. The number of hydrogen-bond acceptors (Lipinski definition) is 5. The van der Waals surface area contributed by atoms with E-state index in [1.165, 1.54) is 0 Å². The number of allylic oxidation sites excluding steroid dienone is 1. The Labute approximate surface area is 74.8 Å². The van der Waals surface area contributed by atoms with Crippen LogP contribution >= 0.6 is 12.2 Å². The number of aliphatic hydroxyl groups excluding tert-OH is 1. The first kappa shape index (κ1) is 10.9. The molecule has 0 amide bonds. The fraction of sp³-hybridized carbons (Fsp3) is 0.286. The number of esters is 1. The number of thiocarbonyl (C=S) groups is 1. The summed E-state index contributed by atoms with van der Waals surface area (Å²) in [7, 11) is 1.09. The zero-order valence-corrected chi connectivity index (χ0v) is 7.26. The molecule has 0 saturated heterocycles. The molecule has 1 N–H and O–H groups in total. The van der Waals surface area contributed by atoms with E-state index in [4.69, 9.17) is 5.11 Å². The average Bonchev–Trinajstić information content (AvgIpc) is 2.12. The lowest BCUT2D eigenvalue weighted by Crippen LogP contribution is -2.33. The normalized spacial score (nSPS) is 11.5. The van der Waals surface area contributed by atoms with Crippen molar-refractivity contribution in [2.45, 2.75) is 6.10 Å². The van der Waals surface area contributed by atoms with Crippen LogP contribution in [0.2, 0.25) is 0 Å². The minimum absolute atomic E-state index is 0.406. The second kappa shape index (κ2) is 4.74. The monoisotopic (exact) mass is 188 g/mol. The number of ether oxygens (including phenoxy) is 1. The molecule has 0 spiro atoms. The molecular formula is C7H8O4S. The number of aliphatic hydroxyl groups is 1. The molecule has 0 heterocycles. The standard InChI is InChI=1S/C7H8O4S/c1-3-4(8)6(12)5(9)7(10)11-2/h3,5,9H,1H2,2H3. The molecule has 0 aromatic carbocycles. The number of hydrogen-bond donors (Lipinski definition) is 1. The molecule has 4 nitrogen and oxygen atoms in total. The maximum Gasteiger partial charge on any atom is 0.340 e. The first-order valence-corrected chi connectivity index (χ1v) is 3.42. The van der Waals surface area contributed by atoms with Gasteiger partial charge in [0, 0.05) is 0 Å². The van der Waals surface area contributed by atoms with Gasteiger partial charge in [0.05, 0.1) is 7.11 Å². The van der Waals surface area contributed by atoms with Crippen molar-refractivity contribution in [1.82, 2.24) is 0 Å². The van der Waals surface area contributed by atoms with Crippen LogP contribution in [0.1, 0.15) is 0 Å². The maximum atomic E-state index is 10.7. The highest BCUT2D eigenvalue weighted by molar-refractivity contribution is 7.82. The molecule has 0 aromatic rings. The molecule has 1 atom stereocenters. The van der Waals surface area contributed by atoms with Gasteiger partial charge in [-0.2, -0.15) is 0 Å². The quantitative estimate of drug-likeness (QED) is 0.371. The average molecular weight is 188 g/mol. The van der Waals surface area contributed by atoms with E-state index in [0.717, 1.165) is 13.2 Å². The SMILES string of the molecule is C=CC(=O)C(=S)C(O)C(=O)OC. The highest BCUT2D eigenvalue weighted by atomic mass is 32.1. The summed E-state index contributed by atoms with van der Waals surface area (Å²) < 4.78 is 4.16. The van der Waals surface area contributed by atoms with Crippen LogP contribution in [0.25, 0.3) is 0 Å². The summed E-state index contributed by atoms with van der Waals surface area (Å²) in [5, 5.41) is 9.00. The van der Waals surface area contributed by atoms with E-state index in [1.807, 2.05) is 0 Å². The lowest BCUT2D eigenvalue weighted by molar-refractivity contribution is -0.147. The van der Waals surface area contributed by atoms with Gasteiger partial charge in [-0.1, -0.05) is 18.8 Å². The fourth-order valence-corrected chi connectivity index (χ4v) is 0.634. The van der Waals surface area contributed by atoms with Crippen LogP contribution in [0, 0.1) is 0 Å². The number of carbonyl (C=O) groups excluding carboxylic acids is 2. The Morgan fingerprint density at radius 3 is 2.50 bits per heavy atom. The zero-order chi connectivity index (χ0) is 9.72. The highest BCUT2D eigenvalue weighted by Gasteiger charge is 2.24.